The van der Waals surface area contributed by atoms with E-state index in [2.05, 4.69) is 59.5 Å². The minimum atomic E-state index is 0.528. The molecule has 0 nitrogen and oxygen atoms in total. The third-order valence-electron chi connectivity index (χ3n) is 3.38. The van der Waals surface area contributed by atoms with Gasteiger partial charge in [-0.2, -0.15) is 0 Å². The highest BCUT2D eigenvalue weighted by atomic mass is 127. The molecule has 0 saturated heterocycles. The smallest absolute Gasteiger partial charge is 0.136 e. The highest BCUT2D eigenvalue weighted by Crippen LogP contribution is 2.43. The first-order valence-corrected chi connectivity index (χ1v) is 7.55. The summed E-state index contributed by atoms with van der Waals surface area (Å²) in [6.07, 6.45) is 3.83. The van der Waals surface area contributed by atoms with E-state index in [9.17, 15) is 0 Å². The van der Waals surface area contributed by atoms with Crippen LogP contribution in [0.4, 0.5) is 0 Å². The minimum absolute atomic E-state index is 0.528. The second kappa shape index (κ2) is 5.95. The summed E-state index contributed by atoms with van der Waals surface area (Å²) in [4.78, 5) is 0. The Balaban J connectivity index is 4.36. The molecule has 0 fully saturated rings. The maximum absolute atomic E-state index is 2.91. The van der Waals surface area contributed by atoms with E-state index in [-0.39, 0.29) is 0 Å². The monoisotopic (exact) mass is 312 g/mol. The van der Waals surface area contributed by atoms with Gasteiger partial charge in [0.05, 0.1) is 0 Å². The second-order valence-electron chi connectivity index (χ2n) is 4.84. The largest absolute Gasteiger partial charge is 0.138 e. The van der Waals surface area contributed by atoms with Crippen LogP contribution in [0.5, 0.6) is 0 Å². The molecule has 0 aromatic heterocycles. The predicted octanol–water partition coefficient (Wildman–Crippen LogP) is 3.91. The summed E-state index contributed by atoms with van der Waals surface area (Å²) in [5.41, 5.74) is 0. The van der Waals surface area contributed by atoms with Gasteiger partial charge in [-0.3, -0.25) is 0 Å². The van der Waals surface area contributed by atoms with Gasteiger partial charge in [0.15, 0.2) is 0 Å². The lowest BCUT2D eigenvalue weighted by Gasteiger charge is -2.35. The van der Waals surface area contributed by atoms with Gasteiger partial charge in [0.2, 0.25) is 0 Å². The maximum Gasteiger partial charge on any atom is 0.136 e. The van der Waals surface area contributed by atoms with E-state index >= 15 is 0 Å². The molecule has 0 rings (SSSR count). The Kier molecular flexibility index (Phi) is 6.51. The van der Waals surface area contributed by atoms with Crippen molar-refractivity contribution in [2.24, 2.45) is 0 Å². The average molecular weight is 312 g/mol. The van der Waals surface area contributed by atoms with Crippen LogP contribution in [0.1, 0.15) is 40.5 Å². The lowest BCUT2D eigenvalue weighted by atomic mass is 9.39. The summed E-state index contributed by atoms with van der Waals surface area (Å²) < 4.78 is 1.28. The van der Waals surface area contributed by atoms with Gasteiger partial charge in [-0.05, 0) is 15.9 Å². The van der Waals surface area contributed by atoms with Crippen LogP contribution in [0.2, 0.25) is 10.6 Å². The van der Waals surface area contributed by atoms with Gasteiger partial charge in [0, 0.05) is 0 Å². The van der Waals surface area contributed by atoms with Crippen LogP contribution in [0.3, 0.4) is 0 Å². The summed E-state index contributed by atoms with van der Waals surface area (Å²) in [5, 5.41) is 1.07. The standard InChI is InChI=1S/C10H23BIP/c1-5-9(3,7-12)11-10(4,6-2)8-13/h11H,5-8,13H2,1-4H3. The summed E-state index contributed by atoms with van der Waals surface area (Å²) in [6.45, 7) is 9.47. The zero-order valence-electron chi connectivity index (χ0n) is 9.49. The van der Waals surface area contributed by atoms with Crippen molar-refractivity contribution in [3.8, 4) is 0 Å². The molecule has 0 bridgehead atoms. The van der Waals surface area contributed by atoms with Crippen molar-refractivity contribution in [3.63, 3.8) is 0 Å². The van der Waals surface area contributed by atoms with Gasteiger partial charge in [-0.1, -0.05) is 68.4 Å². The van der Waals surface area contributed by atoms with Crippen LogP contribution < -0.4 is 0 Å². The minimum Gasteiger partial charge on any atom is -0.138 e. The number of rotatable bonds is 6. The molecule has 0 amide bonds. The molecule has 13 heavy (non-hydrogen) atoms. The van der Waals surface area contributed by atoms with Crippen LogP contribution in [0, 0.1) is 0 Å². The molecule has 0 radical (unpaired) electrons. The topological polar surface area (TPSA) is 0 Å². The lowest BCUT2D eigenvalue weighted by Crippen LogP contribution is -2.29. The zero-order chi connectivity index (χ0) is 10.5. The predicted molar refractivity (Wildman–Crippen MR) is 77.9 cm³/mol. The van der Waals surface area contributed by atoms with Gasteiger partial charge < -0.3 is 0 Å². The molecule has 0 aliphatic rings. The van der Waals surface area contributed by atoms with E-state index < -0.39 is 0 Å². The zero-order valence-corrected chi connectivity index (χ0v) is 12.8. The molecule has 0 aliphatic carbocycles. The van der Waals surface area contributed by atoms with Crippen LogP contribution in [-0.2, 0) is 0 Å². The van der Waals surface area contributed by atoms with Gasteiger partial charge in [-0.25, -0.2) is 0 Å². The second-order valence-corrected chi connectivity index (χ2v) is 6.01. The molecule has 0 heterocycles. The molecular weight excluding hydrogens is 289 g/mol. The first-order chi connectivity index (χ1) is 5.95. The van der Waals surface area contributed by atoms with Crippen LogP contribution in [0.15, 0.2) is 0 Å². The highest BCUT2D eigenvalue weighted by molar-refractivity contribution is 14.1. The van der Waals surface area contributed by atoms with Crippen molar-refractivity contribution in [1.29, 1.82) is 0 Å². The van der Waals surface area contributed by atoms with Crippen molar-refractivity contribution in [3.05, 3.63) is 0 Å². The van der Waals surface area contributed by atoms with Crippen molar-refractivity contribution in [2.45, 2.75) is 51.2 Å². The normalized spacial score (nSPS) is 20.5. The summed E-state index contributed by atoms with van der Waals surface area (Å²) in [6, 6.07) is 0. The molecule has 0 aromatic rings. The maximum atomic E-state index is 2.91. The number of halogens is 1. The third-order valence-corrected chi connectivity index (χ3v) is 6.20. The highest BCUT2D eigenvalue weighted by Gasteiger charge is 2.32. The van der Waals surface area contributed by atoms with Crippen molar-refractivity contribution < 1.29 is 0 Å². The molecule has 3 unspecified atom stereocenters. The molecule has 3 atom stereocenters. The Morgan fingerprint density at radius 2 is 1.62 bits per heavy atom. The van der Waals surface area contributed by atoms with E-state index in [1.807, 2.05) is 0 Å². The molecule has 0 aromatic carbocycles. The van der Waals surface area contributed by atoms with Crippen LogP contribution in [0.25, 0.3) is 0 Å². The van der Waals surface area contributed by atoms with Gasteiger partial charge in [0.25, 0.3) is 0 Å². The van der Waals surface area contributed by atoms with E-state index in [4.69, 9.17) is 0 Å². The number of hydrogen-bond acceptors (Lipinski definition) is 0. The molecule has 0 aliphatic heterocycles. The first-order valence-electron chi connectivity index (χ1n) is 5.21. The van der Waals surface area contributed by atoms with E-state index in [1.54, 1.807) is 0 Å². The quantitative estimate of drug-likeness (QED) is 0.302. The van der Waals surface area contributed by atoms with Gasteiger partial charge in [0.1, 0.15) is 7.28 Å². The number of hydrogen-bond donors (Lipinski definition) is 0. The summed E-state index contributed by atoms with van der Waals surface area (Å²) in [5.74, 6) is 0. The van der Waals surface area contributed by atoms with Crippen molar-refractivity contribution >= 4 is 39.1 Å². The fourth-order valence-corrected chi connectivity index (χ4v) is 2.88. The van der Waals surface area contributed by atoms with E-state index in [0.29, 0.717) is 10.6 Å². The molecule has 0 N–H and O–H groups in total. The average Bonchev–Trinajstić information content (AvgIpc) is 2.17. The fourth-order valence-electron chi connectivity index (χ4n) is 1.64. The molecule has 0 spiro atoms. The molecule has 3 heteroatoms. The van der Waals surface area contributed by atoms with Crippen LogP contribution in [-0.4, -0.2) is 17.9 Å². The van der Waals surface area contributed by atoms with Gasteiger partial charge >= 0.3 is 0 Å². The Morgan fingerprint density at radius 1 is 1.15 bits per heavy atom. The molecular formula is C10H23BIP. The molecule has 78 valence electrons. The first kappa shape index (κ1) is 14.2. The number of alkyl halides is 1. The van der Waals surface area contributed by atoms with E-state index in [0.717, 1.165) is 0 Å². The Bertz CT molecular complexity index is 126. The molecule has 0 saturated carbocycles. The van der Waals surface area contributed by atoms with Crippen LogP contribution >= 0.6 is 31.8 Å². The summed E-state index contributed by atoms with van der Waals surface area (Å²) in [7, 11) is 4.27. The van der Waals surface area contributed by atoms with Crippen molar-refractivity contribution in [1.82, 2.24) is 0 Å². The Hall–Kier alpha value is 1.22. The SMILES string of the molecule is CCC(C)(BC(C)(CC)CI)CP. The Morgan fingerprint density at radius 3 is 1.85 bits per heavy atom. The van der Waals surface area contributed by atoms with Crippen molar-refractivity contribution in [2.75, 3.05) is 10.6 Å². The summed E-state index contributed by atoms with van der Waals surface area (Å²) >= 11 is 2.53. The van der Waals surface area contributed by atoms with E-state index in [1.165, 1.54) is 30.7 Å². The van der Waals surface area contributed by atoms with Gasteiger partial charge in [-0.15, -0.1) is 9.24 Å². The Labute approximate surface area is 101 Å². The fraction of sp³-hybridized carbons (Fsp3) is 1.00. The lowest BCUT2D eigenvalue weighted by molar-refractivity contribution is 0.585. The third kappa shape index (κ3) is 4.51.